The van der Waals surface area contributed by atoms with Crippen molar-refractivity contribution in [2.45, 2.75) is 13.0 Å². The van der Waals surface area contributed by atoms with Crippen LogP contribution in [0.5, 0.6) is 5.75 Å². The fraction of sp³-hybridized carbons (Fsp3) is 0.435. The summed E-state index contributed by atoms with van der Waals surface area (Å²) in [7, 11) is 0. The van der Waals surface area contributed by atoms with Crippen LogP contribution in [0.2, 0.25) is 0 Å². The second-order valence-corrected chi connectivity index (χ2v) is 8.03. The molecule has 29 heavy (non-hydrogen) atoms. The highest BCUT2D eigenvalue weighted by molar-refractivity contribution is 5.80. The van der Waals surface area contributed by atoms with E-state index in [2.05, 4.69) is 41.0 Å². The minimum atomic E-state index is 0.000225. The minimum absolute atomic E-state index is 0.000225. The average Bonchev–Trinajstić information content (AvgIpc) is 2.79. The van der Waals surface area contributed by atoms with Crippen molar-refractivity contribution in [3.8, 4) is 5.75 Å². The third-order valence-electron chi connectivity index (χ3n) is 6.32. The van der Waals surface area contributed by atoms with Crippen molar-refractivity contribution < 1.29 is 14.8 Å². The van der Waals surface area contributed by atoms with E-state index < -0.39 is 0 Å². The molecule has 1 amide bonds. The zero-order valence-corrected chi connectivity index (χ0v) is 17.1. The fourth-order valence-electron chi connectivity index (χ4n) is 4.42. The number of phenols is 1. The molecule has 154 valence electrons. The normalized spacial score (nSPS) is 19.3. The Labute approximate surface area is 172 Å². The minimum Gasteiger partial charge on any atom is -0.508 e. The maximum absolute atomic E-state index is 13.1. The number of anilines is 2. The number of hydrogen-bond donors (Lipinski definition) is 2. The lowest BCUT2D eigenvalue weighted by molar-refractivity contribution is -0.915. The quantitative estimate of drug-likeness (QED) is 0.806. The predicted molar refractivity (Wildman–Crippen MR) is 116 cm³/mol. The molecule has 2 aromatic carbocycles. The van der Waals surface area contributed by atoms with E-state index in [0.29, 0.717) is 5.75 Å². The number of rotatable bonds is 4. The van der Waals surface area contributed by atoms with Gasteiger partial charge in [-0.1, -0.05) is 18.2 Å². The van der Waals surface area contributed by atoms with Gasteiger partial charge in [0.05, 0.1) is 26.2 Å². The maximum Gasteiger partial charge on any atom is 0.280 e. The van der Waals surface area contributed by atoms with Gasteiger partial charge in [0.1, 0.15) is 5.75 Å². The van der Waals surface area contributed by atoms with Crippen molar-refractivity contribution in [3.63, 3.8) is 0 Å². The Kier molecular flexibility index (Phi) is 5.90. The molecule has 1 atom stereocenters. The van der Waals surface area contributed by atoms with Crippen LogP contribution in [0.15, 0.2) is 54.6 Å². The Morgan fingerprint density at radius 3 is 2.00 bits per heavy atom. The summed E-state index contributed by atoms with van der Waals surface area (Å²) in [5, 5.41) is 9.47. The van der Waals surface area contributed by atoms with Crippen molar-refractivity contribution in [2.75, 3.05) is 62.2 Å². The Balaban J connectivity index is 1.27. The molecule has 6 nitrogen and oxygen atoms in total. The Bertz CT molecular complexity index is 795. The first kappa shape index (κ1) is 19.6. The number of quaternary nitrogens is 1. The van der Waals surface area contributed by atoms with Gasteiger partial charge in [0.15, 0.2) is 6.04 Å². The standard InChI is InChI=1S/C23H30N4O2/c1-19(24-11-13-26(14-12-24)21-7-9-22(28)10-8-21)23(29)27-17-15-25(16-18-27)20-5-3-2-4-6-20/h2-10,19,28H,11-18H2,1H3/p+1/t19-/m1/s1. The molecule has 0 spiro atoms. The second kappa shape index (κ2) is 8.74. The van der Waals surface area contributed by atoms with Crippen LogP contribution in [0.25, 0.3) is 0 Å². The van der Waals surface area contributed by atoms with Gasteiger partial charge in [-0.2, -0.15) is 0 Å². The van der Waals surface area contributed by atoms with Crippen molar-refractivity contribution >= 4 is 17.3 Å². The Morgan fingerprint density at radius 2 is 1.38 bits per heavy atom. The van der Waals surface area contributed by atoms with Gasteiger partial charge in [-0.15, -0.1) is 0 Å². The molecular weight excluding hydrogens is 364 g/mol. The molecule has 2 heterocycles. The molecule has 2 fully saturated rings. The number of nitrogens with one attached hydrogen (secondary N) is 1. The number of aromatic hydroxyl groups is 1. The monoisotopic (exact) mass is 395 g/mol. The van der Waals surface area contributed by atoms with E-state index in [1.807, 2.05) is 23.1 Å². The summed E-state index contributed by atoms with van der Waals surface area (Å²) in [5.41, 5.74) is 2.38. The van der Waals surface area contributed by atoms with Gasteiger partial charge < -0.3 is 24.7 Å². The highest BCUT2D eigenvalue weighted by atomic mass is 16.3. The summed E-state index contributed by atoms with van der Waals surface area (Å²) in [4.78, 5) is 21.2. The molecule has 2 aromatic rings. The second-order valence-electron chi connectivity index (χ2n) is 8.03. The molecule has 0 radical (unpaired) electrons. The number of benzene rings is 2. The summed E-state index contributed by atoms with van der Waals surface area (Å²) in [5.74, 6) is 0.579. The lowest BCUT2D eigenvalue weighted by Crippen LogP contribution is -3.19. The number of carbonyl (C=O) groups is 1. The van der Waals surface area contributed by atoms with E-state index in [1.54, 1.807) is 12.1 Å². The third kappa shape index (κ3) is 4.48. The number of hydrogen-bond acceptors (Lipinski definition) is 4. The third-order valence-corrected chi connectivity index (χ3v) is 6.32. The van der Waals surface area contributed by atoms with Gasteiger partial charge in [0.2, 0.25) is 0 Å². The number of amides is 1. The molecule has 0 saturated carbocycles. The van der Waals surface area contributed by atoms with E-state index in [0.717, 1.165) is 58.0 Å². The molecule has 2 aliphatic heterocycles. The van der Waals surface area contributed by atoms with Gasteiger partial charge in [0, 0.05) is 37.6 Å². The van der Waals surface area contributed by atoms with Gasteiger partial charge in [-0.05, 0) is 43.3 Å². The van der Waals surface area contributed by atoms with E-state index in [4.69, 9.17) is 0 Å². The highest BCUT2D eigenvalue weighted by Gasteiger charge is 2.33. The van der Waals surface area contributed by atoms with E-state index in [1.165, 1.54) is 10.6 Å². The molecule has 2 N–H and O–H groups in total. The largest absolute Gasteiger partial charge is 0.508 e. The zero-order chi connectivity index (χ0) is 20.2. The van der Waals surface area contributed by atoms with Gasteiger partial charge in [-0.3, -0.25) is 4.79 Å². The van der Waals surface area contributed by atoms with Crippen LogP contribution >= 0.6 is 0 Å². The Morgan fingerprint density at radius 1 is 0.828 bits per heavy atom. The highest BCUT2D eigenvalue weighted by Crippen LogP contribution is 2.18. The number of phenolic OH excluding ortho intramolecular Hbond substituents is 1. The SMILES string of the molecule is C[C@H](C(=O)N1CCN(c2ccccc2)CC1)[NH+]1CCN(c2ccc(O)cc2)CC1. The number of para-hydroxylation sites is 1. The smallest absolute Gasteiger partial charge is 0.280 e. The van der Waals surface area contributed by atoms with Crippen molar-refractivity contribution in [2.24, 2.45) is 0 Å². The first-order valence-electron chi connectivity index (χ1n) is 10.6. The van der Waals surface area contributed by atoms with Crippen LogP contribution in [-0.4, -0.2) is 74.3 Å². The molecule has 6 heteroatoms. The van der Waals surface area contributed by atoms with Crippen molar-refractivity contribution in [3.05, 3.63) is 54.6 Å². The lowest BCUT2D eigenvalue weighted by atomic mass is 10.1. The molecule has 4 rings (SSSR count). The molecule has 2 saturated heterocycles. The van der Waals surface area contributed by atoms with Crippen molar-refractivity contribution in [1.82, 2.24) is 4.90 Å². The summed E-state index contributed by atoms with van der Waals surface area (Å²) < 4.78 is 0. The molecule has 0 bridgehead atoms. The zero-order valence-electron chi connectivity index (χ0n) is 17.1. The van der Waals surface area contributed by atoms with E-state index >= 15 is 0 Å². The number of piperazine rings is 2. The first-order valence-corrected chi connectivity index (χ1v) is 10.6. The maximum atomic E-state index is 13.1. The van der Waals surface area contributed by atoms with Crippen LogP contribution in [0, 0.1) is 0 Å². The predicted octanol–water partition coefficient (Wildman–Crippen LogP) is 0.834. The van der Waals surface area contributed by atoms with Gasteiger partial charge in [0.25, 0.3) is 5.91 Å². The average molecular weight is 396 g/mol. The summed E-state index contributed by atoms with van der Waals surface area (Å²) >= 11 is 0. The van der Waals surface area contributed by atoms with E-state index in [9.17, 15) is 9.90 Å². The summed E-state index contributed by atoms with van der Waals surface area (Å²) in [6.45, 7) is 9.24. The number of carbonyl (C=O) groups excluding carboxylic acids is 1. The molecule has 2 aliphatic rings. The van der Waals surface area contributed by atoms with Crippen LogP contribution in [0.3, 0.4) is 0 Å². The molecule has 0 aromatic heterocycles. The lowest BCUT2D eigenvalue weighted by Gasteiger charge is -2.40. The van der Waals surface area contributed by atoms with Crippen LogP contribution in [0.4, 0.5) is 11.4 Å². The summed E-state index contributed by atoms with van der Waals surface area (Å²) in [6, 6.07) is 17.8. The van der Waals surface area contributed by atoms with Gasteiger partial charge >= 0.3 is 0 Å². The fourth-order valence-corrected chi connectivity index (χ4v) is 4.42. The first-order chi connectivity index (χ1) is 14.1. The Hall–Kier alpha value is -2.73. The topological polar surface area (TPSA) is 51.5 Å². The molecule has 0 aliphatic carbocycles. The molecular formula is C23H31N4O2+. The van der Waals surface area contributed by atoms with Crippen LogP contribution < -0.4 is 14.7 Å². The van der Waals surface area contributed by atoms with Crippen molar-refractivity contribution in [1.29, 1.82) is 0 Å². The van der Waals surface area contributed by atoms with E-state index in [-0.39, 0.29) is 11.9 Å². The molecule has 0 unspecified atom stereocenters. The number of nitrogens with zero attached hydrogens (tertiary/aromatic N) is 3. The van der Waals surface area contributed by atoms with Crippen LogP contribution in [0.1, 0.15) is 6.92 Å². The van der Waals surface area contributed by atoms with Gasteiger partial charge in [-0.25, -0.2) is 0 Å². The van der Waals surface area contributed by atoms with Crippen LogP contribution in [-0.2, 0) is 4.79 Å². The summed E-state index contributed by atoms with van der Waals surface area (Å²) in [6.07, 6.45) is 0.